The molecule has 0 amide bonds. The van der Waals surface area contributed by atoms with E-state index in [4.69, 9.17) is 4.74 Å². The van der Waals surface area contributed by atoms with E-state index in [9.17, 15) is 8.42 Å². The highest BCUT2D eigenvalue weighted by Gasteiger charge is 2.33. The van der Waals surface area contributed by atoms with Crippen molar-refractivity contribution in [3.63, 3.8) is 0 Å². The Hall–Kier alpha value is 0.0800. The van der Waals surface area contributed by atoms with Gasteiger partial charge >= 0.3 is 0 Å². The van der Waals surface area contributed by atoms with Crippen LogP contribution >= 0.6 is 12.4 Å². The fourth-order valence-corrected chi connectivity index (χ4v) is 3.21. The van der Waals surface area contributed by atoms with Gasteiger partial charge in [-0.3, -0.25) is 0 Å². The fourth-order valence-electron chi connectivity index (χ4n) is 2.16. The van der Waals surface area contributed by atoms with Crippen molar-refractivity contribution in [2.24, 2.45) is 5.41 Å². The molecule has 0 saturated carbocycles. The van der Waals surface area contributed by atoms with E-state index >= 15 is 0 Å². The topological polar surface area (TPSA) is 70.7 Å². The first-order valence-corrected chi connectivity index (χ1v) is 7.80. The number of rotatable bonds is 7. The Morgan fingerprint density at radius 3 is 2.42 bits per heavy atom. The van der Waals surface area contributed by atoms with Crippen molar-refractivity contribution in [2.45, 2.75) is 19.8 Å². The van der Waals surface area contributed by atoms with E-state index in [2.05, 4.69) is 10.0 Å². The third kappa shape index (κ3) is 5.53. The molecule has 2 N–H and O–H groups in total. The zero-order valence-electron chi connectivity index (χ0n) is 11.9. The molecule has 6 nitrogen and oxygen atoms in total. The average Bonchev–Trinajstić information content (AvgIpc) is 2.37. The normalized spacial score (nSPS) is 19.2. The first-order chi connectivity index (χ1) is 8.46. The molecule has 1 aliphatic heterocycles. The minimum atomic E-state index is -3.36. The van der Waals surface area contributed by atoms with Crippen LogP contribution in [0.3, 0.4) is 0 Å². The maximum absolute atomic E-state index is 11.9. The second-order valence-corrected chi connectivity index (χ2v) is 6.79. The van der Waals surface area contributed by atoms with Gasteiger partial charge in [0, 0.05) is 32.7 Å². The molecule has 1 heterocycles. The Bertz CT molecular complexity index is 340. The van der Waals surface area contributed by atoms with Gasteiger partial charge in [0.05, 0.1) is 6.61 Å². The van der Waals surface area contributed by atoms with E-state index in [1.54, 1.807) is 14.2 Å². The van der Waals surface area contributed by atoms with Crippen LogP contribution in [-0.4, -0.2) is 59.7 Å². The summed E-state index contributed by atoms with van der Waals surface area (Å²) < 4.78 is 33.1. The van der Waals surface area contributed by atoms with Gasteiger partial charge < -0.3 is 10.1 Å². The summed E-state index contributed by atoms with van der Waals surface area (Å²) in [5, 5.41) is 3.29. The molecular weight excluding hydrogens is 290 g/mol. The molecular formula is C11H26ClN3O3S. The second kappa shape index (κ2) is 8.39. The van der Waals surface area contributed by atoms with E-state index in [1.165, 1.54) is 4.31 Å². The summed E-state index contributed by atoms with van der Waals surface area (Å²) in [7, 11) is -0.119. The Balaban J connectivity index is 0.00000324. The third-order valence-corrected chi connectivity index (χ3v) is 5.19. The van der Waals surface area contributed by atoms with Crippen LogP contribution in [0.4, 0.5) is 0 Å². The van der Waals surface area contributed by atoms with Gasteiger partial charge in [0.15, 0.2) is 0 Å². The molecule has 0 radical (unpaired) electrons. The number of nitrogens with zero attached hydrogens (tertiary/aromatic N) is 1. The quantitative estimate of drug-likeness (QED) is 0.704. The van der Waals surface area contributed by atoms with Gasteiger partial charge in [0.25, 0.3) is 10.2 Å². The first kappa shape index (κ1) is 19.1. The third-order valence-electron chi connectivity index (χ3n) is 3.60. The zero-order valence-corrected chi connectivity index (χ0v) is 13.6. The van der Waals surface area contributed by atoms with Gasteiger partial charge in [-0.1, -0.05) is 6.92 Å². The van der Waals surface area contributed by atoms with Crippen molar-refractivity contribution in [1.29, 1.82) is 0 Å². The zero-order chi connectivity index (χ0) is 13.6. The smallest absolute Gasteiger partial charge is 0.279 e. The number of nitrogens with one attached hydrogen (secondary N) is 2. The minimum Gasteiger partial charge on any atom is -0.384 e. The van der Waals surface area contributed by atoms with Crippen molar-refractivity contribution in [1.82, 2.24) is 14.3 Å². The summed E-state index contributed by atoms with van der Waals surface area (Å²) in [5.41, 5.74) is -0.0817. The molecule has 0 aliphatic carbocycles. The van der Waals surface area contributed by atoms with Crippen molar-refractivity contribution >= 4 is 22.6 Å². The van der Waals surface area contributed by atoms with Gasteiger partial charge in [-0.05, 0) is 25.9 Å². The van der Waals surface area contributed by atoms with Gasteiger partial charge in [0.1, 0.15) is 0 Å². The molecule has 116 valence electrons. The second-order valence-electron chi connectivity index (χ2n) is 4.92. The molecule has 0 atom stereocenters. The standard InChI is InChI=1S/C11H25N3O3S.ClH/c1-4-14(2)18(15,16)13-9-11(10-17-3)5-7-12-8-6-11;/h12-13H,4-10H2,1-3H3;1H. The molecule has 1 fully saturated rings. The van der Waals surface area contributed by atoms with Crippen molar-refractivity contribution in [2.75, 3.05) is 46.9 Å². The van der Waals surface area contributed by atoms with Crippen LogP contribution < -0.4 is 10.0 Å². The maximum atomic E-state index is 11.9. The number of hydrogen-bond acceptors (Lipinski definition) is 4. The van der Waals surface area contributed by atoms with E-state index in [1.807, 2.05) is 6.92 Å². The lowest BCUT2D eigenvalue weighted by molar-refractivity contribution is 0.0574. The number of hydrogen-bond donors (Lipinski definition) is 2. The lowest BCUT2D eigenvalue weighted by atomic mass is 9.80. The SMILES string of the molecule is CCN(C)S(=O)(=O)NCC1(COC)CCNCC1.Cl. The summed E-state index contributed by atoms with van der Waals surface area (Å²) in [5.74, 6) is 0. The van der Waals surface area contributed by atoms with E-state index in [0.29, 0.717) is 19.7 Å². The molecule has 19 heavy (non-hydrogen) atoms. The summed E-state index contributed by atoms with van der Waals surface area (Å²) in [6.07, 6.45) is 1.86. The van der Waals surface area contributed by atoms with Crippen molar-refractivity contribution < 1.29 is 13.2 Å². The van der Waals surface area contributed by atoms with Crippen molar-refractivity contribution in [3.8, 4) is 0 Å². The van der Waals surface area contributed by atoms with E-state index in [0.717, 1.165) is 25.9 Å². The molecule has 0 unspecified atom stereocenters. The summed E-state index contributed by atoms with van der Waals surface area (Å²) in [6, 6.07) is 0. The van der Waals surface area contributed by atoms with Crippen LogP contribution in [0, 0.1) is 5.41 Å². The summed E-state index contributed by atoms with van der Waals surface area (Å²) >= 11 is 0. The van der Waals surface area contributed by atoms with Gasteiger partial charge in [-0.25, -0.2) is 4.72 Å². The lowest BCUT2D eigenvalue weighted by Crippen LogP contribution is -2.49. The predicted octanol–water partition coefficient (Wildman–Crippen LogP) is 0.211. The number of ether oxygens (including phenoxy) is 1. The number of methoxy groups -OCH3 is 1. The van der Waals surface area contributed by atoms with E-state index < -0.39 is 10.2 Å². The largest absolute Gasteiger partial charge is 0.384 e. The maximum Gasteiger partial charge on any atom is 0.279 e. The minimum absolute atomic E-state index is 0. The molecule has 1 rings (SSSR count). The van der Waals surface area contributed by atoms with Gasteiger partial charge in [-0.15, -0.1) is 12.4 Å². The Morgan fingerprint density at radius 1 is 1.37 bits per heavy atom. The Kier molecular flexibility index (Phi) is 8.42. The number of halogens is 1. The van der Waals surface area contributed by atoms with Crippen LogP contribution in [0.25, 0.3) is 0 Å². The van der Waals surface area contributed by atoms with Crippen LogP contribution in [-0.2, 0) is 14.9 Å². The Labute approximate surface area is 122 Å². The number of piperidine rings is 1. The van der Waals surface area contributed by atoms with Crippen molar-refractivity contribution in [3.05, 3.63) is 0 Å². The van der Waals surface area contributed by atoms with Gasteiger partial charge in [0.2, 0.25) is 0 Å². The molecule has 0 aromatic heterocycles. The van der Waals surface area contributed by atoms with Crippen LogP contribution in [0.2, 0.25) is 0 Å². The van der Waals surface area contributed by atoms with Crippen LogP contribution in [0.5, 0.6) is 0 Å². The Morgan fingerprint density at radius 2 is 1.95 bits per heavy atom. The summed E-state index contributed by atoms with van der Waals surface area (Å²) in [4.78, 5) is 0. The lowest BCUT2D eigenvalue weighted by Gasteiger charge is -2.37. The average molecular weight is 316 g/mol. The van der Waals surface area contributed by atoms with Crippen LogP contribution in [0.1, 0.15) is 19.8 Å². The molecule has 0 bridgehead atoms. The molecule has 1 saturated heterocycles. The highest BCUT2D eigenvalue weighted by atomic mass is 35.5. The van der Waals surface area contributed by atoms with Crippen LogP contribution in [0.15, 0.2) is 0 Å². The molecule has 8 heteroatoms. The highest BCUT2D eigenvalue weighted by molar-refractivity contribution is 7.87. The first-order valence-electron chi connectivity index (χ1n) is 6.36. The summed E-state index contributed by atoms with van der Waals surface area (Å²) in [6.45, 7) is 5.13. The highest BCUT2D eigenvalue weighted by Crippen LogP contribution is 2.28. The fraction of sp³-hybridized carbons (Fsp3) is 1.00. The molecule has 0 aromatic carbocycles. The molecule has 0 spiro atoms. The van der Waals surface area contributed by atoms with Gasteiger partial charge in [-0.2, -0.15) is 12.7 Å². The predicted molar refractivity (Wildman–Crippen MR) is 78.9 cm³/mol. The molecule has 0 aromatic rings. The monoisotopic (exact) mass is 315 g/mol. The molecule has 1 aliphatic rings. The van der Waals surface area contributed by atoms with E-state index in [-0.39, 0.29) is 17.8 Å².